The number of thiophene rings is 1. The predicted molar refractivity (Wildman–Crippen MR) is 63.1 cm³/mol. The van der Waals surface area contributed by atoms with Gasteiger partial charge in [-0.05, 0) is 36.8 Å². The van der Waals surface area contributed by atoms with Gasteiger partial charge in [-0.2, -0.15) is 0 Å². The van der Waals surface area contributed by atoms with Crippen molar-refractivity contribution < 1.29 is 0 Å². The number of hydrogen-bond donors (Lipinski definition) is 1. The summed E-state index contributed by atoms with van der Waals surface area (Å²) in [5, 5.41) is 5.72. The fraction of sp³-hybridized carbons (Fsp3) is 0.636. The van der Waals surface area contributed by atoms with E-state index in [1.165, 1.54) is 18.4 Å². The highest BCUT2D eigenvalue weighted by Gasteiger charge is 2.39. The van der Waals surface area contributed by atoms with Crippen molar-refractivity contribution in [2.45, 2.75) is 32.2 Å². The Balaban J connectivity index is 2.41. The number of halogens is 1. The maximum Gasteiger partial charge on any atom is 0.0979 e. The van der Waals surface area contributed by atoms with E-state index < -0.39 is 0 Å². The van der Waals surface area contributed by atoms with Crippen molar-refractivity contribution in [3.05, 3.63) is 21.3 Å². The highest BCUT2D eigenvalue weighted by Crippen LogP contribution is 2.42. The monoisotopic (exact) mass is 229 g/mol. The Morgan fingerprint density at radius 3 is 2.79 bits per heavy atom. The van der Waals surface area contributed by atoms with Crippen molar-refractivity contribution in [2.24, 2.45) is 5.92 Å². The first-order chi connectivity index (χ1) is 6.67. The van der Waals surface area contributed by atoms with Gasteiger partial charge in [0.2, 0.25) is 0 Å². The molecule has 0 saturated carbocycles. The Morgan fingerprint density at radius 2 is 2.36 bits per heavy atom. The lowest BCUT2D eigenvalue weighted by atomic mass is 9.80. The molecule has 1 fully saturated rings. The molecule has 1 aromatic rings. The molecule has 1 aromatic heterocycles. The van der Waals surface area contributed by atoms with Gasteiger partial charge in [0.1, 0.15) is 0 Å². The van der Waals surface area contributed by atoms with E-state index in [1.807, 2.05) is 0 Å². The van der Waals surface area contributed by atoms with Gasteiger partial charge in [0.15, 0.2) is 0 Å². The van der Waals surface area contributed by atoms with E-state index in [0.717, 1.165) is 10.9 Å². The topological polar surface area (TPSA) is 12.0 Å². The molecule has 1 saturated heterocycles. The Kier molecular flexibility index (Phi) is 2.87. The molecule has 1 N–H and O–H groups in total. The lowest BCUT2D eigenvalue weighted by molar-refractivity contribution is 0.278. The first-order valence-electron chi connectivity index (χ1n) is 5.15. The zero-order chi connectivity index (χ0) is 10.2. The van der Waals surface area contributed by atoms with E-state index >= 15 is 0 Å². The number of nitrogens with one attached hydrogen (secondary N) is 1. The molecule has 0 aliphatic carbocycles. The Bertz CT molecular complexity index is 313. The second-order valence-corrected chi connectivity index (χ2v) is 5.78. The first-order valence-corrected chi connectivity index (χ1v) is 6.41. The molecule has 1 nitrogen and oxygen atoms in total. The van der Waals surface area contributed by atoms with Gasteiger partial charge < -0.3 is 5.32 Å². The first kappa shape index (κ1) is 10.5. The van der Waals surface area contributed by atoms with Crippen LogP contribution in [0.1, 0.15) is 32.3 Å². The van der Waals surface area contributed by atoms with E-state index in [1.54, 1.807) is 11.3 Å². The minimum Gasteiger partial charge on any atom is -0.307 e. The lowest BCUT2D eigenvalue weighted by Crippen LogP contribution is -2.41. The predicted octanol–water partition coefficient (Wildman–Crippen LogP) is 3.64. The van der Waals surface area contributed by atoms with Crippen LogP contribution in [-0.2, 0) is 5.54 Å². The maximum atomic E-state index is 6.23. The van der Waals surface area contributed by atoms with Crippen molar-refractivity contribution >= 4 is 22.9 Å². The molecule has 0 bridgehead atoms. The van der Waals surface area contributed by atoms with Crippen molar-refractivity contribution in [3.63, 3.8) is 0 Å². The van der Waals surface area contributed by atoms with E-state index in [2.05, 4.69) is 30.6 Å². The van der Waals surface area contributed by atoms with Crippen molar-refractivity contribution in [3.8, 4) is 0 Å². The summed E-state index contributed by atoms with van der Waals surface area (Å²) < 4.78 is 0.952. The van der Waals surface area contributed by atoms with Crippen LogP contribution in [0.25, 0.3) is 0 Å². The Hall–Kier alpha value is -0.0500. The van der Waals surface area contributed by atoms with Gasteiger partial charge >= 0.3 is 0 Å². The molecule has 0 radical (unpaired) electrons. The van der Waals surface area contributed by atoms with Crippen LogP contribution >= 0.6 is 22.9 Å². The quantitative estimate of drug-likeness (QED) is 0.817. The summed E-state index contributed by atoms with van der Waals surface area (Å²) in [4.78, 5) is 0. The molecule has 0 amide bonds. The number of hydrogen-bond acceptors (Lipinski definition) is 2. The zero-order valence-corrected chi connectivity index (χ0v) is 10.2. The van der Waals surface area contributed by atoms with Gasteiger partial charge in [-0.3, -0.25) is 0 Å². The summed E-state index contributed by atoms with van der Waals surface area (Å²) in [6, 6.07) is 2.17. The van der Waals surface area contributed by atoms with Gasteiger partial charge in [-0.25, -0.2) is 0 Å². The largest absolute Gasteiger partial charge is 0.307 e. The van der Waals surface area contributed by atoms with Gasteiger partial charge in [0.25, 0.3) is 0 Å². The average molecular weight is 230 g/mol. The van der Waals surface area contributed by atoms with Crippen LogP contribution in [-0.4, -0.2) is 6.54 Å². The summed E-state index contributed by atoms with van der Waals surface area (Å²) in [5.74, 6) is 0.595. The molecular formula is C11H16ClNS. The minimum atomic E-state index is 0.136. The molecule has 14 heavy (non-hydrogen) atoms. The van der Waals surface area contributed by atoms with E-state index in [9.17, 15) is 0 Å². The molecule has 2 rings (SSSR count). The van der Waals surface area contributed by atoms with Gasteiger partial charge in [0.05, 0.1) is 4.34 Å². The van der Waals surface area contributed by atoms with Crippen LogP contribution in [0.5, 0.6) is 0 Å². The van der Waals surface area contributed by atoms with Crippen LogP contribution < -0.4 is 5.32 Å². The van der Waals surface area contributed by atoms with Crippen molar-refractivity contribution in [1.82, 2.24) is 5.32 Å². The van der Waals surface area contributed by atoms with Crippen LogP contribution in [0.3, 0.4) is 0 Å². The molecular weight excluding hydrogens is 214 g/mol. The molecule has 78 valence electrons. The van der Waals surface area contributed by atoms with Crippen LogP contribution in [0.4, 0.5) is 0 Å². The second-order valence-electron chi connectivity index (χ2n) is 4.26. The van der Waals surface area contributed by atoms with Crippen LogP contribution in [0, 0.1) is 5.92 Å². The third-order valence-electron chi connectivity index (χ3n) is 3.27. The van der Waals surface area contributed by atoms with Crippen molar-refractivity contribution in [2.75, 3.05) is 6.54 Å². The van der Waals surface area contributed by atoms with Gasteiger partial charge in [-0.15, -0.1) is 11.3 Å². The van der Waals surface area contributed by atoms with E-state index in [0.29, 0.717) is 5.92 Å². The fourth-order valence-corrected chi connectivity index (χ4v) is 3.50. The highest BCUT2D eigenvalue weighted by atomic mass is 35.5. The average Bonchev–Trinajstić information content (AvgIpc) is 2.72. The molecule has 1 atom stereocenters. The molecule has 1 unspecified atom stereocenters. The molecule has 0 spiro atoms. The normalized spacial score (nSPS) is 27.4. The summed E-state index contributed by atoms with van der Waals surface area (Å²) in [6.07, 6.45) is 2.46. The van der Waals surface area contributed by atoms with E-state index in [4.69, 9.17) is 11.6 Å². The number of rotatable bonds is 2. The standard InChI is InChI=1S/C11H16ClNS/c1-8(2)11(5-3-6-13-11)9-4-7-14-10(9)12/h4,7-8,13H,3,5-6H2,1-2H3. The minimum absolute atomic E-state index is 0.136. The Morgan fingerprint density at radius 1 is 1.57 bits per heavy atom. The molecule has 3 heteroatoms. The van der Waals surface area contributed by atoms with Crippen LogP contribution in [0.2, 0.25) is 4.34 Å². The molecule has 0 aromatic carbocycles. The summed E-state index contributed by atoms with van der Waals surface area (Å²) in [6.45, 7) is 5.66. The summed E-state index contributed by atoms with van der Waals surface area (Å²) in [5.41, 5.74) is 1.44. The SMILES string of the molecule is CC(C)C1(c2ccsc2Cl)CCCN1. The maximum absolute atomic E-state index is 6.23. The van der Waals surface area contributed by atoms with Crippen LogP contribution in [0.15, 0.2) is 11.4 Å². The van der Waals surface area contributed by atoms with Crippen molar-refractivity contribution in [1.29, 1.82) is 0 Å². The summed E-state index contributed by atoms with van der Waals surface area (Å²) in [7, 11) is 0. The molecule has 1 aliphatic heterocycles. The van der Waals surface area contributed by atoms with Gasteiger partial charge in [-0.1, -0.05) is 25.4 Å². The fourth-order valence-electron chi connectivity index (χ4n) is 2.42. The Labute approximate surface area is 94.5 Å². The van der Waals surface area contributed by atoms with Gasteiger partial charge in [0, 0.05) is 11.1 Å². The highest BCUT2D eigenvalue weighted by molar-refractivity contribution is 7.14. The molecule has 1 aliphatic rings. The lowest BCUT2D eigenvalue weighted by Gasteiger charge is -2.34. The molecule has 2 heterocycles. The second kappa shape index (κ2) is 3.84. The third kappa shape index (κ3) is 1.50. The smallest absolute Gasteiger partial charge is 0.0979 e. The zero-order valence-electron chi connectivity index (χ0n) is 8.64. The summed E-state index contributed by atoms with van der Waals surface area (Å²) >= 11 is 7.86. The third-order valence-corrected chi connectivity index (χ3v) is 4.44. The van der Waals surface area contributed by atoms with E-state index in [-0.39, 0.29) is 5.54 Å².